The van der Waals surface area contributed by atoms with Gasteiger partial charge in [-0.05, 0) is 26.1 Å². The lowest BCUT2D eigenvalue weighted by atomic mass is 10.1. The van der Waals surface area contributed by atoms with Crippen molar-refractivity contribution in [2.75, 3.05) is 33.9 Å². The molecule has 1 aromatic carbocycles. The Balaban J connectivity index is 2.61. The van der Waals surface area contributed by atoms with Gasteiger partial charge >= 0.3 is 0 Å². The predicted octanol–water partition coefficient (Wildman–Crippen LogP) is 2.52. The van der Waals surface area contributed by atoms with E-state index in [1.807, 2.05) is 12.1 Å². The quantitative estimate of drug-likeness (QED) is 0.753. The van der Waals surface area contributed by atoms with Crippen LogP contribution in [0, 0.1) is 0 Å². The molecule has 0 spiro atoms. The number of rotatable bonds is 9. The van der Waals surface area contributed by atoms with E-state index < -0.39 is 0 Å². The molecule has 114 valence electrons. The minimum absolute atomic E-state index is 0.436. The van der Waals surface area contributed by atoms with Crippen molar-refractivity contribution in [3.05, 3.63) is 23.8 Å². The second kappa shape index (κ2) is 8.82. The van der Waals surface area contributed by atoms with Gasteiger partial charge in [-0.15, -0.1) is 0 Å². The number of hydrogen-bond acceptors (Lipinski definition) is 4. The number of nitrogens with zero attached hydrogens (tertiary/aromatic N) is 1. The SMILES string of the molecule is CCN(CC)CC(C)NCc1cccc(OC)c1OC. The van der Waals surface area contributed by atoms with E-state index in [0.29, 0.717) is 6.04 Å². The highest BCUT2D eigenvalue weighted by Gasteiger charge is 2.11. The summed E-state index contributed by atoms with van der Waals surface area (Å²) in [6.07, 6.45) is 0. The van der Waals surface area contributed by atoms with Gasteiger partial charge in [0, 0.05) is 24.7 Å². The number of methoxy groups -OCH3 is 2. The summed E-state index contributed by atoms with van der Waals surface area (Å²) in [7, 11) is 3.35. The standard InChI is InChI=1S/C16H28N2O2/c1-6-18(7-2)12-13(3)17-11-14-9-8-10-15(19-4)16(14)20-5/h8-10,13,17H,6-7,11-12H2,1-5H3. The van der Waals surface area contributed by atoms with Gasteiger partial charge < -0.3 is 19.7 Å². The van der Waals surface area contributed by atoms with E-state index >= 15 is 0 Å². The molecule has 0 heterocycles. The third-order valence-corrected chi connectivity index (χ3v) is 3.55. The predicted molar refractivity (Wildman–Crippen MR) is 83.6 cm³/mol. The van der Waals surface area contributed by atoms with Crippen molar-refractivity contribution in [2.24, 2.45) is 0 Å². The Hall–Kier alpha value is -1.26. The fourth-order valence-corrected chi connectivity index (χ4v) is 2.31. The van der Waals surface area contributed by atoms with Gasteiger partial charge in [-0.2, -0.15) is 0 Å². The molecule has 1 aromatic rings. The lowest BCUT2D eigenvalue weighted by molar-refractivity contribution is 0.270. The Morgan fingerprint density at radius 1 is 1.15 bits per heavy atom. The van der Waals surface area contributed by atoms with Gasteiger partial charge in [0.2, 0.25) is 0 Å². The van der Waals surface area contributed by atoms with Crippen molar-refractivity contribution in [2.45, 2.75) is 33.4 Å². The Kier molecular flexibility index (Phi) is 7.41. The average molecular weight is 280 g/mol. The zero-order valence-corrected chi connectivity index (χ0v) is 13.4. The molecule has 4 heteroatoms. The molecule has 0 aliphatic rings. The van der Waals surface area contributed by atoms with Crippen LogP contribution in [0.2, 0.25) is 0 Å². The molecule has 1 N–H and O–H groups in total. The van der Waals surface area contributed by atoms with Crippen LogP contribution in [0.25, 0.3) is 0 Å². The van der Waals surface area contributed by atoms with Crippen LogP contribution in [-0.2, 0) is 6.54 Å². The largest absolute Gasteiger partial charge is 0.493 e. The van der Waals surface area contributed by atoms with Crippen LogP contribution in [0.15, 0.2) is 18.2 Å². The highest BCUT2D eigenvalue weighted by Crippen LogP contribution is 2.30. The fourth-order valence-electron chi connectivity index (χ4n) is 2.31. The molecule has 1 unspecified atom stereocenters. The van der Waals surface area contributed by atoms with E-state index in [-0.39, 0.29) is 0 Å². The summed E-state index contributed by atoms with van der Waals surface area (Å²) in [5.41, 5.74) is 1.12. The van der Waals surface area contributed by atoms with Gasteiger partial charge in [0.25, 0.3) is 0 Å². The summed E-state index contributed by atoms with van der Waals surface area (Å²) < 4.78 is 10.8. The molecule has 0 aliphatic heterocycles. The van der Waals surface area contributed by atoms with Crippen molar-refractivity contribution in [3.63, 3.8) is 0 Å². The normalized spacial score (nSPS) is 12.5. The highest BCUT2D eigenvalue weighted by atomic mass is 16.5. The molecule has 0 aliphatic carbocycles. The first kappa shape index (κ1) is 16.8. The van der Waals surface area contributed by atoms with Crippen LogP contribution in [-0.4, -0.2) is 44.8 Å². The van der Waals surface area contributed by atoms with Gasteiger partial charge in [-0.3, -0.25) is 0 Å². The number of para-hydroxylation sites is 1. The van der Waals surface area contributed by atoms with E-state index in [1.54, 1.807) is 14.2 Å². The van der Waals surface area contributed by atoms with Crippen molar-refractivity contribution < 1.29 is 9.47 Å². The van der Waals surface area contributed by atoms with E-state index in [2.05, 4.69) is 37.1 Å². The third kappa shape index (κ3) is 4.69. The third-order valence-electron chi connectivity index (χ3n) is 3.55. The van der Waals surface area contributed by atoms with E-state index in [4.69, 9.17) is 9.47 Å². The van der Waals surface area contributed by atoms with Crippen LogP contribution in [0.4, 0.5) is 0 Å². The topological polar surface area (TPSA) is 33.7 Å². The molecule has 0 bridgehead atoms. The van der Waals surface area contributed by atoms with Crippen molar-refractivity contribution in [3.8, 4) is 11.5 Å². The molecule has 20 heavy (non-hydrogen) atoms. The lowest BCUT2D eigenvalue weighted by Crippen LogP contribution is -2.38. The molecule has 4 nitrogen and oxygen atoms in total. The lowest BCUT2D eigenvalue weighted by Gasteiger charge is -2.24. The zero-order valence-electron chi connectivity index (χ0n) is 13.4. The van der Waals surface area contributed by atoms with Crippen LogP contribution >= 0.6 is 0 Å². The van der Waals surface area contributed by atoms with Gasteiger partial charge in [0.1, 0.15) is 0 Å². The number of likely N-dealkylation sites (N-methyl/N-ethyl adjacent to an activating group) is 1. The van der Waals surface area contributed by atoms with Gasteiger partial charge in [-0.1, -0.05) is 26.0 Å². The zero-order chi connectivity index (χ0) is 15.0. The van der Waals surface area contributed by atoms with Gasteiger partial charge in [-0.25, -0.2) is 0 Å². The van der Waals surface area contributed by atoms with E-state index in [0.717, 1.165) is 43.2 Å². The molecule has 0 saturated carbocycles. The maximum absolute atomic E-state index is 5.45. The van der Waals surface area contributed by atoms with Crippen molar-refractivity contribution in [1.29, 1.82) is 0 Å². The molecule has 0 fully saturated rings. The summed E-state index contributed by atoms with van der Waals surface area (Å²) in [5, 5.41) is 3.55. The Bertz CT molecular complexity index is 392. The van der Waals surface area contributed by atoms with Crippen LogP contribution in [0.5, 0.6) is 11.5 Å². The first-order chi connectivity index (χ1) is 9.65. The van der Waals surface area contributed by atoms with Gasteiger partial charge in [0.15, 0.2) is 11.5 Å². The molecular weight excluding hydrogens is 252 g/mol. The molecule has 1 rings (SSSR count). The Morgan fingerprint density at radius 3 is 2.40 bits per heavy atom. The number of ether oxygens (including phenoxy) is 2. The van der Waals surface area contributed by atoms with E-state index in [1.165, 1.54) is 0 Å². The minimum atomic E-state index is 0.436. The fraction of sp³-hybridized carbons (Fsp3) is 0.625. The summed E-state index contributed by atoms with van der Waals surface area (Å²) >= 11 is 0. The smallest absolute Gasteiger partial charge is 0.165 e. The molecule has 0 amide bonds. The first-order valence-corrected chi connectivity index (χ1v) is 7.31. The molecular formula is C16H28N2O2. The van der Waals surface area contributed by atoms with Crippen LogP contribution < -0.4 is 14.8 Å². The summed E-state index contributed by atoms with van der Waals surface area (Å²) in [5.74, 6) is 1.60. The molecule has 0 radical (unpaired) electrons. The van der Waals surface area contributed by atoms with E-state index in [9.17, 15) is 0 Å². The molecule has 1 atom stereocenters. The highest BCUT2D eigenvalue weighted by molar-refractivity contribution is 5.46. The molecule has 0 aromatic heterocycles. The number of benzene rings is 1. The summed E-state index contributed by atoms with van der Waals surface area (Å²) in [6, 6.07) is 6.42. The average Bonchev–Trinajstić information content (AvgIpc) is 2.49. The molecule has 0 saturated heterocycles. The Labute approximate surface area is 123 Å². The van der Waals surface area contributed by atoms with Crippen molar-refractivity contribution >= 4 is 0 Å². The number of hydrogen-bond donors (Lipinski definition) is 1. The monoisotopic (exact) mass is 280 g/mol. The maximum Gasteiger partial charge on any atom is 0.165 e. The summed E-state index contributed by atoms with van der Waals surface area (Å²) in [4.78, 5) is 2.42. The second-order valence-electron chi connectivity index (χ2n) is 4.92. The number of nitrogens with one attached hydrogen (secondary N) is 1. The van der Waals surface area contributed by atoms with Crippen LogP contribution in [0.3, 0.4) is 0 Å². The second-order valence-corrected chi connectivity index (χ2v) is 4.92. The van der Waals surface area contributed by atoms with Crippen molar-refractivity contribution in [1.82, 2.24) is 10.2 Å². The van der Waals surface area contributed by atoms with Gasteiger partial charge in [0.05, 0.1) is 14.2 Å². The minimum Gasteiger partial charge on any atom is -0.493 e. The first-order valence-electron chi connectivity index (χ1n) is 7.31. The Morgan fingerprint density at radius 2 is 1.85 bits per heavy atom. The van der Waals surface area contributed by atoms with Crippen LogP contribution in [0.1, 0.15) is 26.3 Å². The maximum atomic E-state index is 5.45. The summed E-state index contributed by atoms with van der Waals surface area (Å²) in [6.45, 7) is 10.6.